The van der Waals surface area contributed by atoms with Crippen LogP contribution in [0.25, 0.3) is 10.9 Å². The normalized spacial score (nSPS) is 10.8. The monoisotopic (exact) mass is 403 g/mol. The lowest BCUT2D eigenvalue weighted by Crippen LogP contribution is -2.11. The summed E-state index contributed by atoms with van der Waals surface area (Å²) < 4.78 is 45.4. The molecule has 0 fully saturated rings. The molecule has 0 aliphatic heterocycles. The minimum absolute atomic E-state index is 0.255. The second kappa shape index (κ2) is 9.38. The molecule has 3 rings (SSSR count). The van der Waals surface area contributed by atoms with Gasteiger partial charge in [-0.15, -0.1) is 0 Å². The molecular weight excluding hydrogens is 380 g/mol. The molecule has 0 amide bonds. The van der Waals surface area contributed by atoms with E-state index >= 15 is 0 Å². The van der Waals surface area contributed by atoms with E-state index in [0.29, 0.717) is 34.7 Å². The van der Waals surface area contributed by atoms with E-state index in [9.17, 15) is 8.78 Å². The van der Waals surface area contributed by atoms with E-state index in [1.54, 1.807) is 25.2 Å². The molecule has 1 aromatic heterocycles. The summed E-state index contributed by atoms with van der Waals surface area (Å²) in [5.41, 5.74) is 0.869. The quantitative estimate of drug-likeness (QED) is 0.518. The van der Waals surface area contributed by atoms with Gasteiger partial charge in [0.1, 0.15) is 5.75 Å². The zero-order valence-electron chi connectivity index (χ0n) is 16.5. The van der Waals surface area contributed by atoms with Gasteiger partial charge in [-0.05, 0) is 32.1 Å². The highest BCUT2D eigenvalue weighted by Gasteiger charge is 2.17. The number of methoxy groups -OCH3 is 1. The highest BCUT2D eigenvalue weighted by atomic mass is 19.1. The fraction of sp³-hybridized carbons (Fsp3) is 0.286. The highest BCUT2D eigenvalue weighted by molar-refractivity contribution is 5.88. The molecule has 2 aromatic carbocycles. The second-order valence-corrected chi connectivity index (χ2v) is 6.26. The van der Waals surface area contributed by atoms with E-state index in [4.69, 9.17) is 14.2 Å². The molecule has 29 heavy (non-hydrogen) atoms. The molecule has 154 valence electrons. The molecule has 8 heteroatoms. The largest absolute Gasteiger partial charge is 0.493 e. The Kier molecular flexibility index (Phi) is 6.66. The Bertz CT molecular complexity index is 975. The van der Waals surface area contributed by atoms with Crippen molar-refractivity contribution in [1.29, 1.82) is 0 Å². The maximum atomic E-state index is 14.3. The average molecular weight is 403 g/mol. The zero-order valence-corrected chi connectivity index (χ0v) is 16.5. The fourth-order valence-electron chi connectivity index (χ4n) is 2.83. The Morgan fingerprint density at radius 3 is 2.41 bits per heavy atom. The maximum Gasteiger partial charge on any atom is 0.198 e. The number of hydrogen-bond donors (Lipinski definition) is 2. The molecule has 0 aliphatic rings. The topological polar surface area (TPSA) is 64.6 Å². The van der Waals surface area contributed by atoms with Crippen LogP contribution in [0.5, 0.6) is 23.0 Å². The molecule has 0 saturated heterocycles. The zero-order chi connectivity index (χ0) is 20.8. The summed E-state index contributed by atoms with van der Waals surface area (Å²) in [5.74, 6) is -0.831. The van der Waals surface area contributed by atoms with Crippen LogP contribution in [0.3, 0.4) is 0 Å². The Hall–Kier alpha value is -3.13. The number of benzene rings is 2. The third-order valence-corrected chi connectivity index (χ3v) is 4.31. The molecule has 0 radical (unpaired) electrons. The molecule has 0 spiro atoms. The summed E-state index contributed by atoms with van der Waals surface area (Å²) in [6.07, 6.45) is 2.34. The number of ether oxygens (including phenoxy) is 3. The van der Waals surface area contributed by atoms with Crippen LogP contribution in [0.4, 0.5) is 14.5 Å². The van der Waals surface area contributed by atoms with Crippen LogP contribution in [0.15, 0.2) is 36.5 Å². The highest BCUT2D eigenvalue weighted by Crippen LogP contribution is 2.38. The standard InChI is InChI=1S/C21H23F2N3O3/c1-24-6-4-8-28-20-12-17-14(11-19(20)27-3)18(5-7-26-17)29-21-15(22)9-13(25-2)10-16(21)23/h5,7,9-12,24-25H,4,6,8H2,1-3H3. The third kappa shape index (κ3) is 4.65. The van der Waals surface area contributed by atoms with Gasteiger partial charge in [-0.2, -0.15) is 0 Å². The first-order valence-electron chi connectivity index (χ1n) is 9.16. The van der Waals surface area contributed by atoms with Gasteiger partial charge in [-0.3, -0.25) is 4.98 Å². The summed E-state index contributed by atoms with van der Waals surface area (Å²) in [4.78, 5) is 4.31. The number of nitrogens with one attached hydrogen (secondary N) is 2. The smallest absolute Gasteiger partial charge is 0.198 e. The van der Waals surface area contributed by atoms with Crippen molar-refractivity contribution in [2.45, 2.75) is 6.42 Å². The minimum Gasteiger partial charge on any atom is -0.493 e. The molecule has 0 atom stereocenters. The lowest BCUT2D eigenvalue weighted by atomic mass is 10.1. The summed E-state index contributed by atoms with van der Waals surface area (Å²) >= 11 is 0. The average Bonchev–Trinajstić information content (AvgIpc) is 2.73. The molecule has 3 aromatic rings. The van der Waals surface area contributed by atoms with Gasteiger partial charge in [0.2, 0.25) is 0 Å². The molecule has 0 saturated carbocycles. The molecule has 1 heterocycles. The van der Waals surface area contributed by atoms with Gasteiger partial charge in [-0.1, -0.05) is 0 Å². The minimum atomic E-state index is -0.809. The van der Waals surface area contributed by atoms with E-state index < -0.39 is 17.4 Å². The summed E-state index contributed by atoms with van der Waals surface area (Å²) in [7, 11) is 4.98. The van der Waals surface area contributed by atoms with Gasteiger partial charge in [0.05, 0.1) is 19.2 Å². The van der Waals surface area contributed by atoms with Crippen LogP contribution in [-0.2, 0) is 0 Å². The van der Waals surface area contributed by atoms with Gasteiger partial charge >= 0.3 is 0 Å². The van der Waals surface area contributed by atoms with Gasteiger partial charge in [0.25, 0.3) is 0 Å². The van der Waals surface area contributed by atoms with Crippen molar-refractivity contribution < 1.29 is 23.0 Å². The Morgan fingerprint density at radius 2 is 1.76 bits per heavy atom. The van der Waals surface area contributed by atoms with E-state index in [0.717, 1.165) is 13.0 Å². The number of fused-ring (bicyclic) bond motifs is 1. The van der Waals surface area contributed by atoms with Crippen LogP contribution in [-0.4, -0.2) is 39.3 Å². The molecule has 0 bridgehead atoms. The van der Waals surface area contributed by atoms with Crippen molar-refractivity contribution >= 4 is 16.6 Å². The first kappa shape index (κ1) is 20.6. The lowest BCUT2D eigenvalue weighted by molar-refractivity contribution is 0.289. The van der Waals surface area contributed by atoms with Crippen LogP contribution in [0.1, 0.15) is 6.42 Å². The fourth-order valence-corrected chi connectivity index (χ4v) is 2.83. The summed E-state index contributed by atoms with van der Waals surface area (Å²) in [5, 5.41) is 6.29. The Labute approximate surface area is 167 Å². The molecule has 2 N–H and O–H groups in total. The van der Waals surface area contributed by atoms with Crippen molar-refractivity contribution in [3.8, 4) is 23.0 Å². The molecule has 0 aliphatic carbocycles. The van der Waals surface area contributed by atoms with E-state index in [1.807, 2.05) is 7.05 Å². The Morgan fingerprint density at radius 1 is 1.00 bits per heavy atom. The molecule has 0 unspecified atom stereocenters. The Balaban J connectivity index is 1.96. The number of hydrogen-bond acceptors (Lipinski definition) is 6. The van der Waals surface area contributed by atoms with Gasteiger partial charge in [0, 0.05) is 42.5 Å². The van der Waals surface area contributed by atoms with Crippen molar-refractivity contribution in [2.75, 3.05) is 39.7 Å². The number of pyridine rings is 1. The predicted molar refractivity (Wildman–Crippen MR) is 108 cm³/mol. The molecular formula is C21H23F2N3O3. The van der Waals surface area contributed by atoms with Crippen LogP contribution in [0.2, 0.25) is 0 Å². The number of aromatic nitrogens is 1. The van der Waals surface area contributed by atoms with E-state index in [2.05, 4.69) is 15.6 Å². The molecule has 6 nitrogen and oxygen atoms in total. The predicted octanol–water partition coefficient (Wildman–Crippen LogP) is 4.34. The number of anilines is 1. The maximum absolute atomic E-state index is 14.3. The van der Waals surface area contributed by atoms with Gasteiger partial charge in [0.15, 0.2) is 28.9 Å². The van der Waals surface area contributed by atoms with Crippen LogP contribution >= 0.6 is 0 Å². The van der Waals surface area contributed by atoms with E-state index in [-0.39, 0.29) is 5.75 Å². The SMILES string of the molecule is CNCCCOc1cc2nccc(Oc3c(F)cc(NC)cc3F)c2cc1OC. The van der Waals surface area contributed by atoms with Crippen LogP contribution in [0, 0.1) is 11.6 Å². The van der Waals surface area contributed by atoms with Crippen molar-refractivity contribution in [2.24, 2.45) is 0 Å². The van der Waals surface area contributed by atoms with Crippen molar-refractivity contribution in [3.05, 3.63) is 48.2 Å². The van der Waals surface area contributed by atoms with Crippen molar-refractivity contribution in [3.63, 3.8) is 0 Å². The van der Waals surface area contributed by atoms with Gasteiger partial charge in [-0.25, -0.2) is 8.78 Å². The summed E-state index contributed by atoms with van der Waals surface area (Å²) in [6.45, 7) is 1.34. The number of nitrogens with zero attached hydrogens (tertiary/aromatic N) is 1. The lowest BCUT2D eigenvalue weighted by Gasteiger charge is -2.14. The first-order chi connectivity index (χ1) is 14.1. The van der Waals surface area contributed by atoms with E-state index in [1.165, 1.54) is 25.4 Å². The third-order valence-electron chi connectivity index (χ3n) is 4.31. The van der Waals surface area contributed by atoms with Crippen LogP contribution < -0.4 is 24.8 Å². The van der Waals surface area contributed by atoms with Crippen molar-refractivity contribution in [1.82, 2.24) is 10.3 Å². The summed E-state index contributed by atoms with van der Waals surface area (Å²) in [6, 6.07) is 7.28. The number of rotatable bonds is 9. The van der Waals surface area contributed by atoms with Gasteiger partial charge < -0.3 is 24.8 Å². The first-order valence-corrected chi connectivity index (χ1v) is 9.16. The second-order valence-electron chi connectivity index (χ2n) is 6.26. The number of halogens is 2.